The van der Waals surface area contributed by atoms with Crippen molar-refractivity contribution in [3.05, 3.63) is 63.3 Å². The highest BCUT2D eigenvalue weighted by atomic mass is 35.5. The number of carboxylic acids is 2. The average Bonchev–Trinajstić information content (AvgIpc) is 2.56. The van der Waals surface area contributed by atoms with E-state index >= 15 is 0 Å². The molecule has 26 heavy (non-hydrogen) atoms. The van der Waals surface area contributed by atoms with E-state index in [2.05, 4.69) is 10.3 Å². The molecule has 3 N–H and O–H groups in total. The Hall–Kier alpha value is -2.83. The molecule has 3 aromatic rings. The van der Waals surface area contributed by atoms with Gasteiger partial charge < -0.3 is 15.5 Å². The van der Waals surface area contributed by atoms with Crippen molar-refractivity contribution >= 4 is 57.4 Å². The van der Waals surface area contributed by atoms with Crippen LogP contribution in [0.1, 0.15) is 26.3 Å². The zero-order chi connectivity index (χ0) is 19.0. The van der Waals surface area contributed by atoms with Gasteiger partial charge in [0.2, 0.25) is 0 Å². The molecule has 0 spiro atoms. The number of anilines is 2. The smallest absolute Gasteiger partial charge is 0.339 e. The molecule has 2 aromatic carbocycles. The molecule has 0 atom stereocenters. The molecule has 1 heterocycles. The third kappa shape index (κ3) is 3.29. The Morgan fingerprint density at radius 2 is 1.81 bits per heavy atom. The van der Waals surface area contributed by atoms with Gasteiger partial charge in [0.05, 0.1) is 21.8 Å². The molecule has 0 amide bonds. The standard InChI is InChI=1S/C18H12Cl2N2O4/c1-8-2-3-9(17(23)24)4-14(8)22-15-11-5-10(19)6-13(20)16(11)21-7-12(15)18(25)26/h2-7H,1H3,(H,21,22)(H,23,24)(H,25,26). The van der Waals surface area contributed by atoms with Gasteiger partial charge in [0.25, 0.3) is 0 Å². The lowest BCUT2D eigenvalue weighted by Gasteiger charge is -2.15. The fourth-order valence-electron chi connectivity index (χ4n) is 2.55. The van der Waals surface area contributed by atoms with Crippen molar-refractivity contribution in [1.29, 1.82) is 0 Å². The van der Waals surface area contributed by atoms with Crippen LogP contribution < -0.4 is 5.32 Å². The van der Waals surface area contributed by atoms with Gasteiger partial charge in [0.1, 0.15) is 5.56 Å². The van der Waals surface area contributed by atoms with E-state index in [0.717, 1.165) is 5.56 Å². The molecule has 0 aliphatic rings. The SMILES string of the molecule is Cc1ccc(C(=O)O)cc1Nc1c(C(=O)O)cnc2c(Cl)cc(Cl)cc12. The van der Waals surface area contributed by atoms with E-state index in [0.29, 0.717) is 21.6 Å². The van der Waals surface area contributed by atoms with Crippen LogP contribution in [0.15, 0.2) is 36.5 Å². The molecule has 0 fully saturated rings. The summed E-state index contributed by atoms with van der Waals surface area (Å²) in [7, 11) is 0. The molecule has 1 aromatic heterocycles. The third-order valence-electron chi connectivity index (χ3n) is 3.86. The lowest BCUT2D eigenvalue weighted by atomic mass is 10.1. The normalized spacial score (nSPS) is 10.7. The second kappa shape index (κ2) is 6.82. The zero-order valence-electron chi connectivity index (χ0n) is 13.4. The van der Waals surface area contributed by atoms with Crippen LogP contribution in [0.4, 0.5) is 11.4 Å². The fourth-order valence-corrected chi connectivity index (χ4v) is 3.09. The van der Waals surface area contributed by atoms with Gasteiger partial charge in [-0.05, 0) is 36.8 Å². The third-order valence-corrected chi connectivity index (χ3v) is 4.37. The highest BCUT2D eigenvalue weighted by molar-refractivity contribution is 6.38. The summed E-state index contributed by atoms with van der Waals surface area (Å²) < 4.78 is 0. The van der Waals surface area contributed by atoms with Gasteiger partial charge in [-0.15, -0.1) is 0 Å². The van der Waals surface area contributed by atoms with Crippen LogP contribution in [-0.2, 0) is 0 Å². The minimum atomic E-state index is -1.19. The van der Waals surface area contributed by atoms with Crippen LogP contribution in [0.25, 0.3) is 10.9 Å². The number of aromatic nitrogens is 1. The Kier molecular flexibility index (Phi) is 4.71. The second-order valence-corrected chi connectivity index (χ2v) is 6.44. The van der Waals surface area contributed by atoms with Crippen molar-refractivity contribution in [1.82, 2.24) is 4.98 Å². The highest BCUT2D eigenvalue weighted by Crippen LogP contribution is 2.35. The molecule has 6 nitrogen and oxygen atoms in total. The van der Waals surface area contributed by atoms with E-state index in [-0.39, 0.29) is 21.8 Å². The predicted octanol–water partition coefficient (Wildman–Crippen LogP) is 4.99. The summed E-state index contributed by atoms with van der Waals surface area (Å²) in [5, 5.41) is 22.7. The maximum absolute atomic E-state index is 11.6. The van der Waals surface area contributed by atoms with Crippen LogP contribution in [0.3, 0.4) is 0 Å². The second-order valence-electron chi connectivity index (χ2n) is 5.60. The molecular weight excluding hydrogens is 379 g/mol. The number of nitrogens with zero attached hydrogens (tertiary/aromatic N) is 1. The maximum Gasteiger partial charge on any atom is 0.339 e. The van der Waals surface area contributed by atoms with Crippen LogP contribution in [0.5, 0.6) is 0 Å². The number of hydrogen-bond donors (Lipinski definition) is 3. The first-order valence-electron chi connectivity index (χ1n) is 7.40. The van der Waals surface area contributed by atoms with Gasteiger partial charge in [-0.2, -0.15) is 0 Å². The first-order chi connectivity index (χ1) is 12.3. The van der Waals surface area contributed by atoms with E-state index < -0.39 is 11.9 Å². The lowest BCUT2D eigenvalue weighted by Crippen LogP contribution is -2.06. The van der Waals surface area contributed by atoms with E-state index in [1.165, 1.54) is 24.4 Å². The summed E-state index contributed by atoms with van der Waals surface area (Å²) in [6.45, 7) is 1.78. The zero-order valence-corrected chi connectivity index (χ0v) is 14.9. The summed E-state index contributed by atoms with van der Waals surface area (Å²) in [5.74, 6) is -2.28. The summed E-state index contributed by atoms with van der Waals surface area (Å²) in [5.41, 5.74) is 1.80. The van der Waals surface area contributed by atoms with E-state index in [4.69, 9.17) is 23.2 Å². The maximum atomic E-state index is 11.6. The number of aryl methyl sites for hydroxylation is 1. The monoisotopic (exact) mass is 390 g/mol. The van der Waals surface area contributed by atoms with Crippen molar-refractivity contribution in [2.45, 2.75) is 6.92 Å². The number of halogens is 2. The number of aromatic carboxylic acids is 2. The number of hydrogen-bond acceptors (Lipinski definition) is 4. The number of fused-ring (bicyclic) bond motifs is 1. The molecule has 0 saturated heterocycles. The van der Waals surface area contributed by atoms with E-state index in [1.807, 2.05) is 0 Å². The van der Waals surface area contributed by atoms with Gasteiger partial charge in [0.15, 0.2) is 0 Å². The van der Waals surface area contributed by atoms with Gasteiger partial charge in [-0.3, -0.25) is 4.98 Å². The summed E-state index contributed by atoms with van der Waals surface area (Å²) in [6, 6.07) is 7.61. The summed E-state index contributed by atoms with van der Waals surface area (Å²) >= 11 is 12.2. The van der Waals surface area contributed by atoms with Crippen LogP contribution in [0, 0.1) is 6.92 Å². The Labute approximate surface area is 158 Å². The van der Waals surface area contributed by atoms with Crippen molar-refractivity contribution in [3.63, 3.8) is 0 Å². The Bertz CT molecular complexity index is 1070. The largest absolute Gasteiger partial charge is 0.478 e. The van der Waals surface area contributed by atoms with Crippen LogP contribution in [0.2, 0.25) is 10.0 Å². The van der Waals surface area contributed by atoms with E-state index in [1.54, 1.807) is 19.1 Å². The number of pyridine rings is 1. The summed E-state index contributed by atoms with van der Waals surface area (Å²) in [6.07, 6.45) is 1.20. The Morgan fingerprint density at radius 1 is 1.08 bits per heavy atom. The quantitative estimate of drug-likeness (QED) is 0.580. The van der Waals surface area contributed by atoms with Crippen molar-refractivity contribution < 1.29 is 19.8 Å². The molecule has 0 bridgehead atoms. The van der Waals surface area contributed by atoms with Crippen LogP contribution in [-0.4, -0.2) is 27.1 Å². The molecule has 0 aliphatic carbocycles. The van der Waals surface area contributed by atoms with Crippen molar-refractivity contribution in [2.75, 3.05) is 5.32 Å². The number of benzene rings is 2. The molecular formula is C18H12Cl2N2O4. The number of carbonyl (C=O) groups is 2. The highest BCUT2D eigenvalue weighted by Gasteiger charge is 2.18. The minimum Gasteiger partial charge on any atom is -0.478 e. The van der Waals surface area contributed by atoms with Gasteiger partial charge in [-0.25, -0.2) is 9.59 Å². The van der Waals surface area contributed by atoms with Crippen LogP contribution >= 0.6 is 23.2 Å². The number of rotatable bonds is 4. The molecule has 0 unspecified atom stereocenters. The molecule has 0 saturated carbocycles. The molecule has 8 heteroatoms. The minimum absolute atomic E-state index is 0.0735. The predicted molar refractivity (Wildman–Crippen MR) is 100 cm³/mol. The molecule has 132 valence electrons. The molecule has 0 radical (unpaired) electrons. The first-order valence-corrected chi connectivity index (χ1v) is 8.15. The van der Waals surface area contributed by atoms with Crippen molar-refractivity contribution in [3.8, 4) is 0 Å². The van der Waals surface area contributed by atoms with E-state index in [9.17, 15) is 19.8 Å². The summed E-state index contributed by atoms with van der Waals surface area (Å²) in [4.78, 5) is 27.0. The number of carboxylic acid groups (broad SMARTS) is 2. The Morgan fingerprint density at radius 3 is 2.46 bits per heavy atom. The lowest BCUT2D eigenvalue weighted by molar-refractivity contribution is 0.0686. The van der Waals surface area contributed by atoms with Gasteiger partial charge >= 0.3 is 11.9 Å². The average molecular weight is 391 g/mol. The number of nitrogens with one attached hydrogen (secondary N) is 1. The Balaban J connectivity index is 2.27. The van der Waals surface area contributed by atoms with Crippen molar-refractivity contribution in [2.24, 2.45) is 0 Å². The first kappa shape index (κ1) is 18.0. The topological polar surface area (TPSA) is 99.5 Å². The molecule has 0 aliphatic heterocycles. The molecule has 3 rings (SSSR count). The fraction of sp³-hybridized carbons (Fsp3) is 0.0556. The van der Waals surface area contributed by atoms with Gasteiger partial charge in [0, 0.05) is 22.3 Å². The van der Waals surface area contributed by atoms with Gasteiger partial charge in [-0.1, -0.05) is 29.3 Å².